The smallest absolute Gasteiger partial charge is 0.163 e. The highest BCUT2D eigenvalue weighted by molar-refractivity contribution is 6.33. The molecule has 0 aliphatic heterocycles. The van der Waals surface area contributed by atoms with E-state index in [0.717, 1.165) is 77.6 Å². The summed E-state index contributed by atoms with van der Waals surface area (Å²) in [7, 11) is 5.82. The predicted octanol–water partition coefficient (Wildman–Crippen LogP) is 5.37. The van der Waals surface area contributed by atoms with Crippen LogP contribution < -0.4 is 15.0 Å². The second-order valence-electron chi connectivity index (χ2n) is 9.43. The van der Waals surface area contributed by atoms with Crippen LogP contribution in [0.15, 0.2) is 22.7 Å². The molecule has 1 saturated carbocycles. The van der Waals surface area contributed by atoms with Gasteiger partial charge in [-0.3, -0.25) is 0 Å². The summed E-state index contributed by atoms with van der Waals surface area (Å²) in [5.41, 5.74) is 4.19. The maximum Gasteiger partial charge on any atom is 0.163 e. The Morgan fingerprint density at radius 2 is 2.00 bits per heavy atom. The van der Waals surface area contributed by atoms with Crippen molar-refractivity contribution < 1.29 is 14.0 Å². The fraction of sp³-hybridized carbons (Fsp3) is 0.519. The molecule has 9 heteroatoms. The van der Waals surface area contributed by atoms with Crippen molar-refractivity contribution in [2.45, 2.75) is 58.6 Å². The first kappa shape index (κ1) is 26.4. The quantitative estimate of drug-likeness (QED) is 0.362. The van der Waals surface area contributed by atoms with E-state index in [0.29, 0.717) is 23.5 Å². The molecule has 1 aliphatic rings. The number of aromatic nitrogens is 3. The lowest BCUT2D eigenvalue weighted by Gasteiger charge is -2.28. The van der Waals surface area contributed by atoms with E-state index in [2.05, 4.69) is 29.3 Å². The van der Waals surface area contributed by atoms with Crippen LogP contribution in [-0.4, -0.2) is 61.6 Å². The van der Waals surface area contributed by atoms with E-state index >= 15 is 0 Å². The molecule has 1 aromatic carbocycles. The maximum absolute atomic E-state index is 6.68. The van der Waals surface area contributed by atoms with E-state index in [1.807, 2.05) is 39.1 Å². The van der Waals surface area contributed by atoms with Gasteiger partial charge in [0.2, 0.25) is 0 Å². The predicted molar refractivity (Wildman–Crippen MR) is 143 cm³/mol. The Morgan fingerprint density at radius 1 is 1.19 bits per heavy atom. The van der Waals surface area contributed by atoms with Crippen molar-refractivity contribution >= 4 is 17.4 Å². The monoisotopic (exact) mass is 513 g/mol. The average molecular weight is 514 g/mol. The molecule has 0 bridgehead atoms. The van der Waals surface area contributed by atoms with Crippen LogP contribution in [0.25, 0.3) is 22.6 Å². The van der Waals surface area contributed by atoms with Gasteiger partial charge in [-0.15, -0.1) is 0 Å². The first-order valence-electron chi connectivity index (χ1n) is 12.5. The molecule has 2 unspecified atom stereocenters. The summed E-state index contributed by atoms with van der Waals surface area (Å²) < 4.78 is 17.1. The Bertz CT molecular complexity index is 1180. The van der Waals surface area contributed by atoms with Crippen molar-refractivity contribution in [2.75, 3.05) is 39.3 Å². The molecular weight excluding hydrogens is 478 g/mol. The molecule has 1 aliphatic carbocycles. The van der Waals surface area contributed by atoms with E-state index in [1.165, 1.54) is 0 Å². The van der Waals surface area contributed by atoms with Crippen LogP contribution in [-0.2, 0) is 4.74 Å². The number of nitrogens with zero attached hydrogens (tertiary/aromatic N) is 4. The number of hydrogen-bond acceptors (Lipinski definition) is 8. The summed E-state index contributed by atoms with van der Waals surface area (Å²) in [6, 6.07) is 5.97. The molecule has 194 valence electrons. The van der Waals surface area contributed by atoms with Crippen LogP contribution in [0.3, 0.4) is 0 Å². The van der Waals surface area contributed by atoms with E-state index in [1.54, 1.807) is 7.11 Å². The van der Waals surface area contributed by atoms with Gasteiger partial charge in [0.05, 0.1) is 34.7 Å². The van der Waals surface area contributed by atoms with Crippen LogP contribution in [0.4, 0.5) is 5.82 Å². The Labute approximate surface area is 218 Å². The minimum atomic E-state index is 0.271. The Kier molecular flexibility index (Phi) is 8.49. The maximum atomic E-state index is 6.68. The summed E-state index contributed by atoms with van der Waals surface area (Å²) in [5, 5.41) is 7.88. The first-order chi connectivity index (χ1) is 17.3. The number of anilines is 1. The second kappa shape index (κ2) is 11.6. The SMILES string of the molecule is CNCCCOc1ccc(Cl)c(-c2nc(-c3c(C)noc3C)c(C)c(N(C)C3CCC(OC)C3)n2)c1. The topological polar surface area (TPSA) is 85.5 Å². The van der Waals surface area contributed by atoms with Crippen LogP contribution in [0.2, 0.25) is 5.02 Å². The van der Waals surface area contributed by atoms with Gasteiger partial charge in [0.1, 0.15) is 17.3 Å². The first-order valence-corrected chi connectivity index (χ1v) is 12.9. The fourth-order valence-electron chi connectivity index (χ4n) is 4.89. The van der Waals surface area contributed by atoms with Crippen LogP contribution in [0, 0.1) is 20.8 Å². The lowest BCUT2D eigenvalue weighted by molar-refractivity contribution is 0.108. The standard InChI is InChI=1S/C27H36ClN5O3/c1-16-25(24-17(2)32-36-18(24)3)30-26(31-27(16)33(5)19-8-9-20(14-19)34-6)22-15-21(10-11-23(22)28)35-13-7-12-29-4/h10-11,15,19-20,29H,7-9,12-14H2,1-6H3. The third-order valence-electron chi connectivity index (χ3n) is 6.98. The van der Waals surface area contributed by atoms with Crippen LogP contribution in [0.5, 0.6) is 5.75 Å². The molecule has 1 N–H and O–H groups in total. The minimum absolute atomic E-state index is 0.271. The lowest BCUT2D eigenvalue weighted by atomic mass is 10.0. The van der Waals surface area contributed by atoms with Gasteiger partial charge in [-0.05, 0) is 78.2 Å². The number of nitrogens with one attached hydrogen (secondary N) is 1. The van der Waals surface area contributed by atoms with E-state index in [4.69, 9.17) is 35.6 Å². The minimum Gasteiger partial charge on any atom is -0.494 e. The van der Waals surface area contributed by atoms with E-state index in [-0.39, 0.29) is 6.10 Å². The third kappa shape index (κ3) is 5.51. The molecule has 2 heterocycles. The summed E-state index contributed by atoms with van der Waals surface area (Å²) in [6.07, 6.45) is 4.23. The molecule has 8 nitrogen and oxygen atoms in total. The van der Waals surface area contributed by atoms with E-state index < -0.39 is 0 Å². The van der Waals surface area contributed by atoms with Gasteiger partial charge in [0.25, 0.3) is 0 Å². The Balaban J connectivity index is 1.79. The molecule has 0 saturated heterocycles. The summed E-state index contributed by atoms with van der Waals surface area (Å²) in [5.74, 6) is 2.88. The lowest BCUT2D eigenvalue weighted by Crippen LogP contribution is -2.31. The van der Waals surface area contributed by atoms with Gasteiger partial charge in [-0.1, -0.05) is 16.8 Å². The number of methoxy groups -OCH3 is 1. The van der Waals surface area contributed by atoms with Crippen molar-refractivity contribution in [3.63, 3.8) is 0 Å². The number of benzene rings is 1. The van der Waals surface area contributed by atoms with Crippen molar-refractivity contribution in [1.29, 1.82) is 0 Å². The molecule has 0 spiro atoms. The molecule has 0 amide bonds. The average Bonchev–Trinajstić information content (AvgIpc) is 3.49. The van der Waals surface area contributed by atoms with Gasteiger partial charge in [-0.25, -0.2) is 9.97 Å². The van der Waals surface area contributed by atoms with Crippen molar-refractivity contribution in [3.8, 4) is 28.4 Å². The molecule has 2 atom stereocenters. The molecule has 36 heavy (non-hydrogen) atoms. The number of hydrogen-bond donors (Lipinski definition) is 1. The summed E-state index contributed by atoms with van der Waals surface area (Å²) in [6.45, 7) is 7.40. The van der Waals surface area contributed by atoms with Gasteiger partial charge in [0.15, 0.2) is 5.82 Å². The van der Waals surface area contributed by atoms with Crippen LogP contribution in [0.1, 0.15) is 42.7 Å². The fourth-order valence-corrected chi connectivity index (χ4v) is 5.10. The van der Waals surface area contributed by atoms with Gasteiger partial charge in [-0.2, -0.15) is 0 Å². The molecule has 3 aromatic rings. The third-order valence-corrected chi connectivity index (χ3v) is 7.31. The second-order valence-corrected chi connectivity index (χ2v) is 9.83. The van der Waals surface area contributed by atoms with Gasteiger partial charge >= 0.3 is 0 Å². The Morgan fingerprint density at radius 3 is 2.67 bits per heavy atom. The normalized spacial score (nSPS) is 17.5. The molecule has 0 radical (unpaired) electrons. The highest BCUT2D eigenvalue weighted by atomic mass is 35.5. The van der Waals surface area contributed by atoms with Gasteiger partial charge in [0, 0.05) is 31.3 Å². The number of ether oxygens (including phenoxy) is 2. The molecule has 1 fully saturated rings. The Hall–Kier alpha value is -2.68. The molecule has 2 aromatic heterocycles. The van der Waals surface area contributed by atoms with Crippen molar-refractivity contribution in [1.82, 2.24) is 20.4 Å². The van der Waals surface area contributed by atoms with Crippen molar-refractivity contribution in [3.05, 3.63) is 40.2 Å². The summed E-state index contributed by atoms with van der Waals surface area (Å²) in [4.78, 5) is 12.3. The molecule has 4 rings (SSSR count). The van der Waals surface area contributed by atoms with E-state index in [9.17, 15) is 0 Å². The van der Waals surface area contributed by atoms with Crippen molar-refractivity contribution in [2.24, 2.45) is 0 Å². The zero-order valence-electron chi connectivity index (χ0n) is 22.0. The molecular formula is C27H36ClN5O3. The zero-order chi connectivity index (χ0) is 25.8. The number of rotatable bonds is 10. The summed E-state index contributed by atoms with van der Waals surface area (Å²) >= 11 is 6.68. The largest absolute Gasteiger partial charge is 0.494 e. The highest BCUT2D eigenvalue weighted by Gasteiger charge is 2.30. The zero-order valence-corrected chi connectivity index (χ0v) is 22.8. The number of aryl methyl sites for hydroxylation is 2. The van der Waals surface area contributed by atoms with Crippen LogP contribution >= 0.6 is 11.6 Å². The highest BCUT2D eigenvalue weighted by Crippen LogP contribution is 2.38. The van der Waals surface area contributed by atoms with Gasteiger partial charge < -0.3 is 24.2 Å². The number of halogens is 1.